The van der Waals surface area contributed by atoms with Gasteiger partial charge < -0.3 is 9.15 Å². The van der Waals surface area contributed by atoms with Crippen LogP contribution in [0.1, 0.15) is 32.1 Å². The molecule has 1 amide bonds. The summed E-state index contributed by atoms with van der Waals surface area (Å²) in [5.74, 6) is 1.16. The molecule has 7 heteroatoms. The average molecular weight is 408 g/mol. The van der Waals surface area contributed by atoms with E-state index in [1.165, 1.54) is 12.1 Å². The van der Waals surface area contributed by atoms with E-state index in [0.29, 0.717) is 18.1 Å². The molecule has 3 aromatic rings. The second kappa shape index (κ2) is 8.82. The van der Waals surface area contributed by atoms with Gasteiger partial charge >= 0.3 is 6.09 Å². The van der Waals surface area contributed by atoms with E-state index in [2.05, 4.69) is 0 Å². The molecular formula is C23H24N2O5. The molecule has 0 spiro atoms. The second-order valence-corrected chi connectivity index (χ2v) is 7.89. The third kappa shape index (κ3) is 5.70. The molecule has 7 nitrogen and oxygen atoms in total. The second-order valence-electron chi connectivity index (χ2n) is 7.89. The molecule has 156 valence electrons. The van der Waals surface area contributed by atoms with Gasteiger partial charge in [0.1, 0.15) is 17.1 Å². The highest BCUT2D eigenvalue weighted by Gasteiger charge is 2.23. The maximum Gasteiger partial charge on any atom is 0.411 e. The fraction of sp³-hybridized carbons (Fsp3) is 0.261. The molecule has 0 radical (unpaired) electrons. The summed E-state index contributed by atoms with van der Waals surface area (Å²) in [7, 11) is 0. The van der Waals surface area contributed by atoms with Crippen molar-refractivity contribution in [1.82, 2.24) is 4.90 Å². The maximum absolute atomic E-state index is 12.7. The molecule has 0 N–H and O–H groups in total. The van der Waals surface area contributed by atoms with Crippen molar-refractivity contribution in [3.8, 4) is 11.3 Å². The molecular weight excluding hydrogens is 384 g/mol. The van der Waals surface area contributed by atoms with E-state index in [1.54, 1.807) is 29.2 Å². The standard InChI is InChI=1S/C23H24N2O5/c1-23(2,3)30-22(26)24(15-17-7-5-4-6-8-17)16-20-13-14-21(29-20)18-9-11-19(12-10-18)25(27)28/h4-14H,15-16H2,1-3H3. The van der Waals surface area contributed by atoms with Crippen LogP contribution in [0.2, 0.25) is 0 Å². The Kier molecular flexibility index (Phi) is 6.20. The lowest BCUT2D eigenvalue weighted by Gasteiger charge is -2.27. The van der Waals surface area contributed by atoms with Crippen LogP contribution in [0.15, 0.2) is 71.1 Å². The van der Waals surface area contributed by atoms with Gasteiger partial charge in [0, 0.05) is 24.2 Å². The SMILES string of the molecule is CC(C)(C)OC(=O)N(Cc1ccccc1)Cc1ccc(-c2ccc([N+](=O)[O-])cc2)o1. The minimum absolute atomic E-state index is 0.0180. The monoisotopic (exact) mass is 408 g/mol. The van der Waals surface area contributed by atoms with Crippen LogP contribution in [0.25, 0.3) is 11.3 Å². The Bertz CT molecular complexity index is 1000. The summed E-state index contributed by atoms with van der Waals surface area (Å²) in [6, 6.07) is 19.4. The molecule has 0 aliphatic heterocycles. The highest BCUT2D eigenvalue weighted by atomic mass is 16.6. The summed E-state index contributed by atoms with van der Waals surface area (Å²) in [6.45, 7) is 6.08. The van der Waals surface area contributed by atoms with E-state index < -0.39 is 16.6 Å². The van der Waals surface area contributed by atoms with Crippen molar-refractivity contribution < 1.29 is 18.9 Å². The number of carbonyl (C=O) groups is 1. The number of nitro groups is 1. The lowest BCUT2D eigenvalue weighted by molar-refractivity contribution is -0.384. The van der Waals surface area contributed by atoms with Crippen LogP contribution in [0.4, 0.5) is 10.5 Å². The van der Waals surface area contributed by atoms with Gasteiger partial charge in [-0.05, 0) is 50.6 Å². The summed E-state index contributed by atoms with van der Waals surface area (Å²) in [4.78, 5) is 24.7. The van der Waals surface area contributed by atoms with Crippen molar-refractivity contribution in [2.24, 2.45) is 0 Å². The number of hydrogen-bond donors (Lipinski definition) is 0. The minimum atomic E-state index is -0.612. The third-order valence-corrected chi connectivity index (χ3v) is 4.24. The van der Waals surface area contributed by atoms with Crippen LogP contribution in [-0.2, 0) is 17.8 Å². The van der Waals surface area contributed by atoms with Crippen LogP contribution < -0.4 is 0 Å². The average Bonchev–Trinajstić information content (AvgIpc) is 3.15. The van der Waals surface area contributed by atoms with E-state index in [-0.39, 0.29) is 12.2 Å². The smallest absolute Gasteiger partial charge is 0.411 e. The summed E-state index contributed by atoms with van der Waals surface area (Å²) in [6.07, 6.45) is -0.431. The Morgan fingerprint density at radius 2 is 1.67 bits per heavy atom. The largest absolute Gasteiger partial charge is 0.459 e. The first-order chi connectivity index (χ1) is 14.2. The van der Waals surface area contributed by atoms with Gasteiger partial charge in [-0.1, -0.05) is 30.3 Å². The molecule has 0 saturated carbocycles. The molecule has 0 aliphatic carbocycles. The van der Waals surface area contributed by atoms with Crippen LogP contribution in [0, 0.1) is 10.1 Å². The molecule has 0 bridgehead atoms. The summed E-state index contributed by atoms with van der Waals surface area (Å²) in [5.41, 5.74) is 1.10. The summed E-state index contributed by atoms with van der Waals surface area (Å²) >= 11 is 0. The summed E-state index contributed by atoms with van der Waals surface area (Å²) < 4.78 is 11.5. The van der Waals surface area contributed by atoms with Crippen LogP contribution in [0.3, 0.4) is 0 Å². The third-order valence-electron chi connectivity index (χ3n) is 4.24. The first-order valence-electron chi connectivity index (χ1n) is 9.57. The van der Waals surface area contributed by atoms with Gasteiger partial charge in [0.25, 0.3) is 5.69 Å². The lowest BCUT2D eigenvalue weighted by Crippen LogP contribution is -2.36. The Balaban J connectivity index is 1.78. The molecule has 2 aromatic carbocycles. The van der Waals surface area contributed by atoms with Gasteiger partial charge in [-0.3, -0.25) is 15.0 Å². The fourth-order valence-corrected chi connectivity index (χ4v) is 2.87. The number of rotatable bonds is 6. The van der Waals surface area contributed by atoms with Crippen LogP contribution in [-0.4, -0.2) is 21.5 Å². The highest BCUT2D eigenvalue weighted by molar-refractivity contribution is 5.68. The molecule has 0 fully saturated rings. The summed E-state index contributed by atoms with van der Waals surface area (Å²) in [5, 5.41) is 10.8. The van der Waals surface area contributed by atoms with Crippen molar-refractivity contribution >= 4 is 11.8 Å². The maximum atomic E-state index is 12.7. The number of non-ortho nitro benzene ring substituents is 1. The molecule has 0 aliphatic rings. The molecule has 0 saturated heterocycles. The van der Waals surface area contributed by atoms with E-state index in [1.807, 2.05) is 51.1 Å². The number of amides is 1. The Hall–Kier alpha value is -3.61. The number of furan rings is 1. The number of hydrogen-bond acceptors (Lipinski definition) is 5. The number of nitrogens with zero attached hydrogens (tertiary/aromatic N) is 2. The van der Waals surface area contributed by atoms with E-state index in [9.17, 15) is 14.9 Å². The van der Waals surface area contributed by atoms with Crippen molar-refractivity contribution in [2.75, 3.05) is 0 Å². The van der Waals surface area contributed by atoms with Gasteiger partial charge in [0.05, 0.1) is 11.5 Å². The first-order valence-corrected chi connectivity index (χ1v) is 9.57. The molecule has 0 unspecified atom stereocenters. The first kappa shape index (κ1) is 21.1. The van der Waals surface area contributed by atoms with Crippen molar-refractivity contribution in [3.05, 3.63) is 88.2 Å². The van der Waals surface area contributed by atoms with Gasteiger partial charge in [0.15, 0.2) is 0 Å². The number of carbonyl (C=O) groups excluding carboxylic acids is 1. The molecule has 3 rings (SSSR count). The van der Waals surface area contributed by atoms with Gasteiger partial charge in [-0.2, -0.15) is 0 Å². The van der Waals surface area contributed by atoms with Crippen molar-refractivity contribution in [3.63, 3.8) is 0 Å². The van der Waals surface area contributed by atoms with E-state index in [4.69, 9.17) is 9.15 Å². The van der Waals surface area contributed by atoms with Crippen molar-refractivity contribution in [2.45, 2.75) is 39.5 Å². The zero-order valence-electron chi connectivity index (χ0n) is 17.2. The normalized spacial score (nSPS) is 11.2. The van der Waals surface area contributed by atoms with Gasteiger partial charge in [-0.25, -0.2) is 4.79 Å². The Morgan fingerprint density at radius 1 is 1.00 bits per heavy atom. The van der Waals surface area contributed by atoms with E-state index >= 15 is 0 Å². The molecule has 1 heterocycles. The topological polar surface area (TPSA) is 85.8 Å². The van der Waals surface area contributed by atoms with E-state index in [0.717, 1.165) is 11.1 Å². The predicted molar refractivity (Wildman–Crippen MR) is 113 cm³/mol. The lowest BCUT2D eigenvalue weighted by atomic mass is 10.1. The van der Waals surface area contributed by atoms with Crippen LogP contribution in [0.5, 0.6) is 0 Å². The number of benzene rings is 2. The zero-order chi connectivity index (χ0) is 21.7. The highest BCUT2D eigenvalue weighted by Crippen LogP contribution is 2.26. The Morgan fingerprint density at radius 3 is 2.27 bits per heavy atom. The Labute approximate surface area is 175 Å². The van der Waals surface area contributed by atoms with Crippen LogP contribution >= 0.6 is 0 Å². The van der Waals surface area contributed by atoms with Gasteiger partial charge in [0.2, 0.25) is 0 Å². The molecule has 30 heavy (non-hydrogen) atoms. The quantitative estimate of drug-likeness (QED) is 0.380. The number of nitro benzene ring substituents is 1. The fourth-order valence-electron chi connectivity index (χ4n) is 2.87. The van der Waals surface area contributed by atoms with Gasteiger partial charge in [-0.15, -0.1) is 0 Å². The molecule has 0 atom stereocenters. The zero-order valence-corrected chi connectivity index (χ0v) is 17.2. The van der Waals surface area contributed by atoms with Crippen molar-refractivity contribution in [1.29, 1.82) is 0 Å². The molecule has 1 aromatic heterocycles. The number of ether oxygens (including phenoxy) is 1. The predicted octanol–water partition coefficient (Wildman–Crippen LogP) is 5.79. The minimum Gasteiger partial charge on any atom is -0.459 e.